The Morgan fingerprint density at radius 1 is 0.432 bits per heavy atom. The topological polar surface area (TPSA) is 27.7 Å². The number of hydrogen-bond donors (Lipinski definition) is 0. The van der Waals surface area contributed by atoms with Crippen LogP contribution >= 0.6 is 8.60 Å². The van der Waals surface area contributed by atoms with Crippen molar-refractivity contribution in [2.24, 2.45) is 0 Å². The molecule has 37 heavy (non-hydrogen) atoms. The zero-order chi connectivity index (χ0) is 27.8. The number of benzene rings is 3. The van der Waals surface area contributed by atoms with Crippen molar-refractivity contribution in [2.45, 2.75) is 99.3 Å². The molecule has 3 rings (SSSR count). The third-order valence-electron chi connectivity index (χ3n) is 6.68. The molecule has 0 saturated carbocycles. The summed E-state index contributed by atoms with van der Waals surface area (Å²) in [5.74, 6) is 2.35. The molecular weight excluding hydrogens is 475 g/mol. The van der Waals surface area contributed by atoms with Crippen LogP contribution in [-0.4, -0.2) is 0 Å². The van der Waals surface area contributed by atoms with E-state index in [0.29, 0.717) is 0 Å². The predicted molar refractivity (Wildman–Crippen MR) is 158 cm³/mol. The first-order chi connectivity index (χ1) is 16.9. The molecule has 0 aliphatic rings. The van der Waals surface area contributed by atoms with Crippen molar-refractivity contribution < 1.29 is 13.6 Å². The molecule has 0 atom stereocenters. The van der Waals surface area contributed by atoms with Crippen molar-refractivity contribution in [3.63, 3.8) is 0 Å². The Balaban J connectivity index is 2.06. The lowest BCUT2D eigenvalue weighted by molar-refractivity contribution is 0.383. The standard InChI is InChI=1S/C33H45O3P/c1-22-13-16-25(31(4,5)6)19-28(22)34-37(35-29-20-26(32(7,8)9)17-14-23(29)2)36-30-21-27(33(10,11)12)18-15-24(30)3/h13-21H,1-12H3. The summed E-state index contributed by atoms with van der Waals surface area (Å²) < 4.78 is 19.7. The Kier molecular flexibility index (Phi) is 8.40. The number of hydrogen-bond acceptors (Lipinski definition) is 3. The van der Waals surface area contributed by atoms with Gasteiger partial charge in [-0.15, -0.1) is 0 Å². The zero-order valence-corrected chi connectivity index (χ0v) is 25.8. The maximum atomic E-state index is 6.57. The Morgan fingerprint density at radius 2 is 0.676 bits per heavy atom. The van der Waals surface area contributed by atoms with Crippen LogP contribution in [0.2, 0.25) is 0 Å². The van der Waals surface area contributed by atoms with Gasteiger partial charge in [-0.1, -0.05) is 98.7 Å². The third kappa shape index (κ3) is 7.51. The Bertz CT molecular complexity index is 1080. The fourth-order valence-electron chi connectivity index (χ4n) is 3.79. The van der Waals surface area contributed by atoms with E-state index < -0.39 is 8.60 Å². The maximum Gasteiger partial charge on any atom is 0.530 e. The predicted octanol–water partition coefficient (Wildman–Crippen LogP) is 10.3. The molecule has 0 aliphatic carbocycles. The minimum atomic E-state index is -1.78. The Hall–Kier alpha value is -2.51. The summed E-state index contributed by atoms with van der Waals surface area (Å²) in [6, 6.07) is 19.2. The van der Waals surface area contributed by atoms with E-state index in [4.69, 9.17) is 13.6 Å². The van der Waals surface area contributed by atoms with Gasteiger partial charge in [0.1, 0.15) is 17.2 Å². The fraction of sp³-hybridized carbons (Fsp3) is 0.455. The van der Waals surface area contributed by atoms with Crippen LogP contribution in [0.15, 0.2) is 54.6 Å². The second kappa shape index (κ2) is 10.7. The summed E-state index contributed by atoms with van der Waals surface area (Å²) in [5, 5.41) is 0. The molecule has 0 unspecified atom stereocenters. The van der Waals surface area contributed by atoms with Crippen LogP contribution in [0.25, 0.3) is 0 Å². The minimum absolute atomic E-state index is 0.00549. The van der Waals surface area contributed by atoms with Gasteiger partial charge in [0.25, 0.3) is 0 Å². The van der Waals surface area contributed by atoms with Crippen molar-refractivity contribution >= 4 is 8.60 Å². The van der Waals surface area contributed by atoms with Crippen LogP contribution in [0.4, 0.5) is 0 Å². The lowest BCUT2D eigenvalue weighted by atomic mass is 9.86. The zero-order valence-electron chi connectivity index (χ0n) is 24.9. The molecule has 200 valence electrons. The summed E-state index contributed by atoms with van der Waals surface area (Å²) in [5.41, 5.74) is 6.79. The van der Waals surface area contributed by atoms with Crippen molar-refractivity contribution in [2.75, 3.05) is 0 Å². The van der Waals surface area contributed by atoms with Crippen molar-refractivity contribution in [1.82, 2.24) is 0 Å². The van der Waals surface area contributed by atoms with Gasteiger partial charge in [0.2, 0.25) is 0 Å². The maximum absolute atomic E-state index is 6.57. The molecule has 0 radical (unpaired) electrons. The van der Waals surface area contributed by atoms with Crippen LogP contribution in [0.5, 0.6) is 17.2 Å². The summed E-state index contributed by atoms with van der Waals surface area (Å²) in [6.07, 6.45) is 0. The first-order valence-electron chi connectivity index (χ1n) is 13.1. The SMILES string of the molecule is Cc1ccc(C(C)(C)C)cc1OP(Oc1cc(C(C)(C)C)ccc1C)Oc1cc(C(C)(C)C)ccc1C. The van der Waals surface area contributed by atoms with Crippen molar-refractivity contribution in [3.8, 4) is 17.2 Å². The van der Waals surface area contributed by atoms with Crippen LogP contribution in [0.1, 0.15) is 95.7 Å². The van der Waals surface area contributed by atoms with E-state index in [1.54, 1.807) is 0 Å². The van der Waals surface area contributed by atoms with Crippen molar-refractivity contribution in [3.05, 3.63) is 88.0 Å². The van der Waals surface area contributed by atoms with E-state index >= 15 is 0 Å². The van der Waals surface area contributed by atoms with E-state index in [-0.39, 0.29) is 16.2 Å². The largest absolute Gasteiger partial charge is 0.530 e. The van der Waals surface area contributed by atoms with Gasteiger partial charge in [-0.05, 0) is 88.6 Å². The molecule has 0 aromatic heterocycles. The molecule has 0 aliphatic heterocycles. The van der Waals surface area contributed by atoms with Crippen LogP contribution in [0.3, 0.4) is 0 Å². The highest BCUT2D eigenvalue weighted by molar-refractivity contribution is 7.43. The highest BCUT2D eigenvalue weighted by atomic mass is 31.2. The molecule has 0 saturated heterocycles. The highest BCUT2D eigenvalue weighted by Gasteiger charge is 2.26. The van der Waals surface area contributed by atoms with Gasteiger partial charge in [-0.2, -0.15) is 0 Å². The van der Waals surface area contributed by atoms with Crippen LogP contribution < -0.4 is 13.6 Å². The third-order valence-corrected chi connectivity index (χ3v) is 7.72. The van der Waals surface area contributed by atoms with E-state index in [1.807, 2.05) is 0 Å². The molecule has 3 nitrogen and oxygen atoms in total. The van der Waals surface area contributed by atoms with Crippen LogP contribution in [-0.2, 0) is 16.2 Å². The Morgan fingerprint density at radius 3 is 0.892 bits per heavy atom. The van der Waals surface area contributed by atoms with Gasteiger partial charge >= 0.3 is 8.60 Å². The molecule has 0 fully saturated rings. The molecule has 3 aromatic carbocycles. The fourth-order valence-corrected chi connectivity index (χ4v) is 4.98. The lowest BCUT2D eigenvalue weighted by Gasteiger charge is -2.25. The average Bonchev–Trinajstić information content (AvgIpc) is 2.75. The first-order valence-corrected chi connectivity index (χ1v) is 14.2. The van der Waals surface area contributed by atoms with Gasteiger partial charge in [0.15, 0.2) is 0 Å². The van der Waals surface area contributed by atoms with Crippen LogP contribution in [0, 0.1) is 20.8 Å². The van der Waals surface area contributed by atoms with E-state index in [1.165, 1.54) is 16.7 Å². The quantitative estimate of drug-likeness (QED) is 0.303. The molecule has 0 amide bonds. The van der Waals surface area contributed by atoms with E-state index in [2.05, 4.69) is 138 Å². The highest BCUT2D eigenvalue weighted by Crippen LogP contribution is 2.46. The van der Waals surface area contributed by atoms with Crippen molar-refractivity contribution in [1.29, 1.82) is 0 Å². The minimum Gasteiger partial charge on any atom is -0.408 e. The average molecular weight is 521 g/mol. The Labute approximate surface area is 226 Å². The lowest BCUT2D eigenvalue weighted by Crippen LogP contribution is -2.13. The molecule has 3 aromatic rings. The number of aryl methyl sites for hydroxylation is 3. The second-order valence-electron chi connectivity index (χ2n) is 13.2. The number of rotatable bonds is 6. The van der Waals surface area contributed by atoms with E-state index in [9.17, 15) is 0 Å². The molecular formula is C33H45O3P. The molecule has 4 heteroatoms. The summed E-state index contributed by atoms with van der Waals surface area (Å²) >= 11 is 0. The monoisotopic (exact) mass is 520 g/mol. The van der Waals surface area contributed by atoms with Gasteiger partial charge in [0, 0.05) is 0 Å². The first kappa shape index (κ1) is 29.1. The summed E-state index contributed by atoms with van der Waals surface area (Å²) in [7, 11) is -1.78. The molecule has 0 bridgehead atoms. The normalized spacial score (nSPS) is 12.6. The van der Waals surface area contributed by atoms with E-state index in [0.717, 1.165) is 33.9 Å². The molecule has 0 spiro atoms. The van der Waals surface area contributed by atoms with Gasteiger partial charge in [-0.3, -0.25) is 0 Å². The smallest absolute Gasteiger partial charge is 0.408 e. The summed E-state index contributed by atoms with van der Waals surface area (Å²) in [4.78, 5) is 0. The van der Waals surface area contributed by atoms with Gasteiger partial charge < -0.3 is 13.6 Å². The summed E-state index contributed by atoms with van der Waals surface area (Å²) in [6.45, 7) is 26.1. The molecule has 0 heterocycles. The second-order valence-corrected chi connectivity index (χ2v) is 14.2. The molecule has 0 N–H and O–H groups in total. The van der Waals surface area contributed by atoms with Gasteiger partial charge in [0.05, 0.1) is 0 Å². The van der Waals surface area contributed by atoms with Gasteiger partial charge in [-0.25, -0.2) is 0 Å².